The number of benzene rings is 1. The lowest BCUT2D eigenvalue weighted by atomic mass is 10.1. The van der Waals surface area contributed by atoms with Crippen LogP contribution in [0.5, 0.6) is 0 Å². The van der Waals surface area contributed by atoms with E-state index in [0.717, 1.165) is 90.3 Å². The van der Waals surface area contributed by atoms with E-state index < -0.39 is 6.04 Å². The first-order valence-electron chi connectivity index (χ1n) is 15.0. The van der Waals surface area contributed by atoms with Crippen LogP contribution < -0.4 is 21.1 Å². The topological polar surface area (TPSA) is 133 Å². The van der Waals surface area contributed by atoms with Crippen molar-refractivity contribution in [1.29, 1.82) is 0 Å². The summed E-state index contributed by atoms with van der Waals surface area (Å²) >= 11 is 0. The number of carbonyl (C=O) groups is 1. The fourth-order valence-corrected chi connectivity index (χ4v) is 5.31. The van der Waals surface area contributed by atoms with Gasteiger partial charge in [-0.3, -0.25) is 15.1 Å². The van der Waals surface area contributed by atoms with Gasteiger partial charge in [-0.1, -0.05) is 22.9 Å². The number of aliphatic imine (C=N–C) groups is 1. The maximum absolute atomic E-state index is 12.7. The minimum absolute atomic E-state index is 0.0142. The molecule has 0 unspecified atom stereocenters. The van der Waals surface area contributed by atoms with Crippen molar-refractivity contribution in [3.63, 3.8) is 0 Å². The van der Waals surface area contributed by atoms with Gasteiger partial charge in [0, 0.05) is 43.2 Å². The molecule has 0 radical (unpaired) electrons. The largest absolute Gasteiger partial charge is 0.402 e. The van der Waals surface area contributed by atoms with E-state index in [1.807, 2.05) is 44.2 Å². The molecule has 0 saturated heterocycles. The van der Waals surface area contributed by atoms with Crippen LogP contribution in [0.4, 0.5) is 11.6 Å². The molecule has 224 valence electrons. The number of pyridine rings is 1. The lowest BCUT2D eigenvalue weighted by Gasteiger charge is -2.24. The summed E-state index contributed by atoms with van der Waals surface area (Å²) in [6, 6.07) is 11.5. The van der Waals surface area contributed by atoms with Crippen LogP contribution in [0.3, 0.4) is 0 Å². The van der Waals surface area contributed by atoms with Crippen LogP contribution in [0, 0.1) is 0 Å². The summed E-state index contributed by atoms with van der Waals surface area (Å²) in [6.45, 7) is 9.43. The number of fused-ring (bicyclic) bond motifs is 2. The molecule has 4 rings (SSSR count). The molecule has 10 nitrogen and oxygen atoms in total. The molecule has 0 aliphatic carbocycles. The smallest absolute Gasteiger partial charge is 0.271 e. The first-order chi connectivity index (χ1) is 20.3. The average Bonchev–Trinajstić information content (AvgIpc) is 2.97. The van der Waals surface area contributed by atoms with Crippen LogP contribution in [0.15, 0.2) is 59.5 Å². The van der Waals surface area contributed by atoms with Crippen molar-refractivity contribution in [2.24, 2.45) is 10.7 Å². The molecule has 0 bridgehead atoms. The Labute approximate surface area is 248 Å². The number of unbranched alkanes of at least 4 members (excludes halogenated alkanes) is 1. The number of hydrogen-bond donors (Lipinski definition) is 4. The molecule has 42 heavy (non-hydrogen) atoms. The molecule has 0 saturated carbocycles. The van der Waals surface area contributed by atoms with E-state index in [-0.39, 0.29) is 5.78 Å². The second-order valence-electron chi connectivity index (χ2n) is 11.1. The molecule has 0 fully saturated rings. The fraction of sp³-hybridized carbons (Fsp3) is 0.469. The van der Waals surface area contributed by atoms with Gasteiger partial charge in [-0.2, -0.15) is 0 Å². The number of aromatic nitrogens is 3. The summed E-state index contributed by atoms with van der Waals surface area (Å²) in [5, 5.41) is 17.9. The summed E-state index contributed by atoms with van der Waals surface area (Å²) in [6.07, 6.45) is 9.05. The van der Waals surface area contributed by atoms with Gasteiger partial charge >= 0.3 is 0 Å². The van der Waals surface area contributed by atoms with E-state index in [0.29, 0.717) is 25.3 Å². The molecule has 5 N–H and O–H groups in total. The fourth-order valence-electron chi connectivity index (χ4n) is 5.31. The standard InChI is InChI=1S/C32H44N8O2/c1-23(33)21-24(2)34-17-20-39(18-7-6-10-27-14-13-26-9-8-16-35-31(26)37-27)19-15-29(25(3)41)38-32-28-11-4-5-12-30(28)36-22-40(32)42/h4-5,11-14,21-22,29,42H,6-10,15-20H2,1-3H3,(H3,33,34,35,37)/p+1/t29-/m0/s1. The number of nitrogens with one attached hydrogen (secondary N) is 2. The van der Waals surface area contributed by atoms with E-state index >= 15 is 0 Å². The quantitative estimate of drug-likeness (QED) is 0.0931. The lowest BCUT2D eigenvalue weighted by Crippen LogP contribution is -2.41. The number of aryl methyl sites for hydroxylation is 2. The molecule has 10 heteroatoms. The summed E-state index contributed by atoms with van der Waals surface area (Å²) in [7, 11) is 0. The van der Waals surface area contributed by atoms with Crippen molar-refractivity contribution >= 4 is 34.0 Å². The zero-order chi connectivity index (χ0) is 29.9. The Morgan fingerprint density at radius 2 is 2.02 bits per heavy atom. The van der Waals surface area contributed by atoms with E-state index in [1.165, 1.54) is 11.9 Å². The highest BCUT2D eigenvalue weighted by Crippen LogP contribution is 2.21. The summed E-state index contributed by atoms with van der Waals surface area (Å²) in [5.74, 6) is 1.52. The van der Waals surface area contributed by atoms with Gasteiger partial charge in [0.05, 0.1) is 11.9 Å². The van der Waals surface area contributed by atoms with E-state index in [2.05, 4.69) is 37.6 Å². The van der Waals surface area contributed by atoms with Crippen molar-refractivity contribution in [1.82, 2.24) is 14.9 Å². The van der Waals surface area contributed by atoms with Gasteiger partial charge < -0.3 is 21.2 Å². The molecular formula is C32H45N8O2+. The third-order valence-corrected chi connectivity index (χ3v) is 7.55. The minimum Gasteiger partial charge on any atom is -0.402 e. The molecule has 1 aromatic carbocycles. The van der Waals surface area contributed by atoms with Crippen LogP contribution in [0.1, 0.15) is 57.7 Å². The molecule has 1 aliphatic heterocycles. The zero-order valence-corrected chi connectivity index (χ0v) is 25.1. The molecule has 0 spiro atoms. The van der Waals surface area contributed by atoms with Gasteiger partial charge in [0.2, 0.25) is 0 Å². The van der Waals surface area contributed by atoms with Gasteiger partial charge in [-0.05, 0) is 89.3 Å². The Morgan fingerprint density at radius 3 is 2.83 bits per heavy atom. The number of para-hydroxylation sites is 1. The van der Waals surface area contributed by atoms with Crippen molar-refractivity contribution in [3.8, 4) is 0 Å². The minimum atomic E-state index is -0.461. The number of anilines is 2. The summed E-state index contributed by atoms with van der Waals surface area (Å²) in [5.41, 5.74) is 10.6. The highest BCUT2D eigenvalue weighted by atomic mass is 16.5. The molecular weight excluding hydrogens is 528 g/mol. The number of hydrogen-bond acceptors (Lipinski definition) is 9. The molecule has 1 atom stereocenters. The van der Waals surface area contributed by atoms with E-state index in [1.54, 1.807) is 6.92 Å². The Hall–Kier alpha value is -4.05. The SMILES string of the molecule is CC(=O)[C@H](CCN(CCCCc1ccc2c(n1)NCCC2)CCN=C(C)C=C(C)N)Nc1c2ccccc2nc[n+]1O. The maximum Gasteiger partial charge on any atom is 0.271 e. The van der Waals surface area contributed by atoms with Crippen molar-refractivity contribution in [3.05, 3.63) is 65.8 Å². The highest BCUT2D eigenvalue weighted by Gasteiger charge is 2.23. The van der Waals surface area contributed by atoms with Gasteiger partial charge in [-0.15, -0.1) is 4.98 Å². The summed E-state index contributed by atoms with van der Waals surface area (Å²) < 4.78 is 0.949. The third kappa shape index (κ3) is 8.97. The molecule has 3 heterocycles. The number of rotatable bonds is 15. The Balaban J connectivity index is 1.38. The number of Topliss-reactive ketones (excluding diaryl/α,β-unsaturated/α-hetero) is 1. The second-order valence-corrected chi connectivity index (χ2v) is 11.1. The van der Waals surface area contributed by atoms with Crippen LogP contribution in [-0.2, 0) is 17.6 Å². The second kappa shape index (κ2) is 15.3. The van der Waals surface area contributed by atoms with Crippen molar-refractivity contribution in [2.45, 2.75) is 65.3 Å². The van der Waals surface area contributed by atoms with Crippen LogP contribution in [-0.4, -0.2) is 70.3 Å². The first kappa shape index (κ1) is 30.9. The maximum atomic E-state index is 12.7. The molecule has 1 aliphatic rings. The van der Waals surface area contributed by atoms with Crippen molar-refractivity contribution in [2.75, 3.05) is 43.4 Å². The van der Waals surface area contributed by atoms with Crippen LogP contribution in [0.2, 0.25) is 0 Å². The number of allylic oxidation sites excluding steroid dienone is 2. The Kier molecular flexibility index (Phi) is 11.2. The average molecular weight is 574 g/mol. The molecule has 0 amide bonds. The number of ketones is 1. The predicted octanol–water partition coefficient (Wildman–Crippen LogP) is 3.92. The van der Waals surface area contributed by atoms with E-state index in [4.69, 9.17) is 10.7 Å². The number of carbonyl (C=O) groups excluding carboxylic acids is 1. The first-order valence-corrected chi connectivity index (χ1v) is 15.0. The number of nitrogens with zero attached hydrogens (tertiary/aromatic N) is 5. The van der Waals surface area contributed by atoms with Crippen LogP contribution in [0.25, 0.3) is 10.9 Å². The van der Waals surface area contributed by atoms with E-state index in [9.17, 15) is 10.0 Å². The third-order valence-electron chi connectivity index (χ3n) is 7.55. The predicted molar refractivity (Wildman–Crippen MR) is 168 cm³/mol. The lowest BCUT2D eigenvalue weighted by molar-refractivity contribution is -0.894. The van der Waals surface area contributed by atoms with Crippen molar-refractivity contribution < 1.29 is 14.7 Å². The zero-order valence-electron chi connectivity index (χ0n) is 25.1. The number of nitrogens with two attached hydrogens (primary N) is 1. The normalized spacial score (nSPS) is 14.5. The Bertz CT molecular complexity index is 1420. The van der Waals surface area contributed by atoms with Gasteiger partial charge in [0.1, 0.15) is 11.9 Å². The van der Waals surface area contributed by atoms with Gasteiger partial charge in [0.15, 0.2) is 11.3 Å². The molecule has 2 aromatic heterocycles. The Morgan fingerprint density at radius 1 is 1.19 bits per heavy atom. The highest BCUT2D eigenvalue weighted by molar-refractivity contribution is 5.93. The molecule has 3 aromatic rings. The monoisotopic (exact) mass is 573 g/mol. The van der Waals surface area contributed by atoms with Gasteiger partial charge in [0.25, 0.3) is 12.1 Å². The van der Waals surface area contributed by atoms with Crippen LogP contribution >= 0.6 is 0 Å². The summed E-state index contributed by atoms with van der Waals surface area (Å²) in [4.78, 5) is 28.8. The van der Waals surface area contributed by atoms with Gasteiger partial charge in [-0.25, -0.2) is 4.98 Å².